The fourth-order valence-electron chi connectivity index (χ4n) is 3.83. The van der Waals surface area contributed by atoms with Gasteiger partial charge in [-0.15, -0.1) is 0 Å². The molecular formula is C26H40O5. The highest BCUT2D eigenvalue weighted by Gasteiger charge is 2.30. The Morgan fingerprint density at radius 3 is 2.19 bits per heavy atom. The lowest BCUT2D eigenvalue weighted by Crippen LogP contribution is -2.22. The van der Waals surface area contributed by atoms with Crippen molar-refractivity contribution in [3.8, 4) is 0 Å². The van der Waals surface area contributed by atoms with Crippen molar-refractivity contribution in [1.82, 2.24) is 0 Å². The molecule has 0 saturated carbocycles. The number of rotatable bonds is 16. The summed E-state index contributed by atoms with van der Waals surface area (Å²) in [6, 6.07) is 5.70. The Bertz CT molecular complexity index is 670. The Balaban J connectivity index is 1.65. The summed E-state index contributed by atoms with van der Waals surface area (Å²) in [5, 5.41) is 0. The number of unbranched alkanes of at least 4 members (excludes halogenated alkanes) is 9. The van der Waals surface area contributed by atoms with E-state index in [1.165, 1.54) is 57.8 Å². The average Bonchev–Trinajstić information content (AvgIpc) is 3.18. The molecule has 0 N–H and O–H groups in total. The van der Waals surface area contributed by atoms with E-state index in [-0.39, 0.29) is 0 Å². The van der Waals surface area contributed by atoms with Crippen LogP contribution in [0.1, 0.15) is 106 Å². The molecule has 1 atom stereocenters. The van der Waals surface area contributed by atoms with Crippen LogP contribution in [0.25, 0.3) is 0 Å². The van der Waals surface area contributed by atoms with E-state index in [1.54, 1.807) is 6.07 Å². The molecule has 1 aromatic carbocycles. The predicted molar refractivity (Wildman–Crippen MR) is 122 cm³/mol. The van der Waals surface area contributed by atoms with Gasteiger partial charge in [-0.1, -0.05) is 77.7 Å². The molecule has 1 fully saturated rings. The summed E-state index contributed by atoms with van der Waals surface area (Å²) in [7, 11) is 0. The molecule has 2 rings (SSSR count). The van der Waals surface area contributed by atoms with Crippen LogP contribution in [0.3, 0.4) is 0 Å². The van der Waals surface area contributed by atoms with Gasteiger partial charge in [-0.2, -0.15) is 0 Å². The number of aryl methyl sites for hydroxylation is 1. The highest BCUT2D eigenvalue weighted by Crippen LogP contribution is 2.17. The van der Waals surface area contributed by atoms with Crippen LogP contribution in [0.2, 0.25) is 0 Å². The molecule has 1 aliphatic rings. The zero-order valence-electron chi connectivity index (χ0n) is 19.5. The quantitative estimate of drug-likeness (QED) is 0.231. The van der Waals surface area contributed by atoms with Crippen molar-refractivity contribution in [1.29, 1.82) is 0 Å². The molecule has 1 heterocycles. The zero-order valence-corrected chi connectivity index (χ0v) is 19.5. The van der Waals surface area contributed by atoms with Gasteiger partial charge >= 0.3 is 11.9 Å². The van der Waals surface area contributed by atoms with E-state index in [1.807, 2.05) is 13.0 Å². The van der Waals surface area contributed by atoms with Crippen molar-refractivity contribution >= 4 is 11.9 Å². The number of hydrogen-bond donors (Lipinski definition) is 0. The van der Waals surface area contributed by atoms with Crippen LogP contribution < -0.4 is 0 Å². The van der Waals surface area contributed by atoms with E-state index in [9.17, 15) is 9.59 Å². The maximum absolute atomic E-state index is 12.5. The molecule has 0 amide bonds. The summed E-state index contributed by atoms with van der Waals surface area (Å²) < 4.78 is 16.0. The Kier molecular flexibility index (Phi) is 12.3. The topological polar surface area (TPSA) is 61.8 Å². The lowest BCUT2D eigenvalue weighted by Gasteiger charge is -2.12. The Morgan fingerprint density at radius 2 is 1.58 bits per heavy atom. The number of benzene rings is 1. The van der Waals surface area contributed by atoms with Gasteiger partial charge in [-0.25, -0.2) is 9.59 Å². The third-order valence-electron chi connectivity index (χ3n) is 5.74. The first kappa shape index (κ1) is 25.4. The van der Waals surface area contributed by atoms with E-state index in [0.717, 1.165) is 30.6 Å². The fourth-order valence-corrected chi connectivity index (χ4v) is 3.83. The summed E-state index contributed by atoms with van der Waals surface area (Å²) in [4.78, 5) is 24.0. The first-order valence-electron chi connectivity index (χ1n) is 12.2. The van der Waals surface area contributed by atoms with Gasteiger partial charge in [0.25, 0.3) is 0 Å². The van der Waals surface area contributed by atoms with E-state index in [2.05, 4.69) is 13.0 Å². The summed E-state index contributed by atoms with van der Waals surface area (Å²) in [5.74, 6) is -0.935. The molecule has 0 aliphatic carbocycles. The third-order valence-corrected chi connectivity index (χ3v) is 5.74. The largest absolute Gasteiger partial charge is 0.463 e. The molecule has 0 bridgehead atoms. The average molecular weight is 433 g/mol. The summed E-state index contributed by atoms with van der Waals surface area (Å²) in [6.45, 7) is 5.83. The molecule has 5 heteroatoms. The lowest BCUT2D eigenvalue weighted by molar-refractivity contribution is -0.145. The molecule has 5 nitrogen and oxygen atoms in total. The second kappa shape index (κ2) is 15.0. The number of cyclic esters (lactones) is 1. The predicted octanol–water partition coefficient (Wildman–Crippen LogP) is 6.16. The van der Waals surface area contributed by atoms with Gasteiger partial charge in [0.05, 0.1) is 18.8 Å². The summed E-state index contributed by atoms with van der Waals surface area (Å²) in [5.41, 5.74) is 2.49. The fraction of sp³-hybridized carbons (Fsp3) is 0.692. The van der Waals surface area contributed by atoms with Crippen LogP contribution in [-0.4, -0.2) is 31.3 Å². The molecule has 1 aromatic rings. The summed E-state index contributed by atoms with van der Waals surface area (Å²) in [6.07, 6.45) is 13.5. The van der Waals surface area contributed by atoms with Gasteiger partial charge in [0, 0.05) is 13.0 Å². The molecule has 1 aliphatic heterocycles. The van der Waals surface area contributed by atoms with E-state index < -0.39 is 18.0 Å². The molecule has 1 saturated heterocycles. The van der Waals surface area contributed by atoms with Crippen molar-refractivity contribution in [2.24, 2.45) is 0 Å². The van der Waals surface area contributed by atoms with Crippen LogP contribution in [-0.2, 0) is 32.0 Å². The monoisotopic (exact) mass is 432 g/mol. The summed E-state index contributed by atoms with van der Waals surface area (Å²) >= 11 is 0. The molecular weight excluding hydrogens is 392 g/mol. The Labute approximate surface area is 187 Å². The van der Waals surface area contributed by atoms with E-state index in [0.29, 0.717) is 25.2 Å². The van der Waals surface area contributed by atoms with Crippen LogP contribution in [0, 0.1) is 0 Å². The van der Waals surface area contributed by atoms with Crippen LogP contribution in [0.4, 0.5) is 0 Å². The van der Waals surface area contributed by atoms with Gasteiger partial charge < -0.3 is 14.2 Å². The number of carbonyl (C=O) groups is 2. The van der Waals surface area contributed by atoms with Crippen molar-refractivity contribution < 1.29 is 23.8 Å². The van der Waals surface area contributed by atoms with E-state index in [4.69, 9.17) is 14.2 Å². The molecule has 174 valence electrons. The minimum atomic E-state index is -0.783. The second-order valence-electron chi connectivity index (χ2n) is 8.48. The van der Waals surface area contributed by atoms with Gasteiger partial charge in [-0.05, 0) is 36.1 Å². The van der Waals surface area contributed by atoms with E-state index >= 15 is 0 Å². The Hall–Kier alpha value is -1.88. The highest BCUT2D eigenvalue weighted by molar-refractivity contribution is 5.92. The zero-order chi connectivity index (χ0) is 22.3. The van der Waals surface area contributed by atoms with Crippen LogP contribution >= 0.6 is 0 Å². The molecule has 0 aromatic heterocycles. The molecule has 1 unspecified atom stereocenters. The minimum Gasteiger partial charge on any atom is -0.463 e. The SMILES string of the molecule is CCCCCCCCCCCCOCc1cc(CC)cc(C(=O)OC2CCOC2=O)c1. The van der Waals surface area contributed by atoms with Gasteiger partial charge in [0.2, 0.25) is 6.10 Å². The van der Waals surface area contributed by atoms with Gasteiger partial charge in [0.15, 0.2) is 0 Å². The minimum absolute atomic E-state index is 0.309. The van der Waals surface area contributed by atoms with Crippen LogP contribution in [0.15, 0.2) is 18.2 Å². The number of esters is 2. The second-order valence-corrected chi connectivity index (χ2v) is 8.48. The molecule has 31 heavy (non-hydrogen) atoms. The van der Waals surface area contributed by atoms with Crippen LogP contribution in [0.5, 0.6) is 0 Å². The number of ether oxygens (including phenoxy) is 3. The first-order chi connectivity index (χ1) is 15.1. The standard InChI is InChI=1S/C26H40O5/c1-3-5-6-7-8-9-10-11-12-13-15-29-20-22-17-21(4-2)18-23(19-22)25(27)31-24-14-16-30-26(24)28/h17-19,24H,3-16,20H2,1-2H3. The normalized spacial score (nSPS) is 15.8. The molecule has 0 radical (unpaired) electrons. The molecule has 0 spiro atoms. The highest BCUT2D eigenvalue weighted by atomic mass is 16.6. The van der Waals surface area contributed by atoms with Crippen molar-refractivity contribution in [3.05, 3.63) is 34.9 Å². The number of carbonyl (C=O) groups excluding carboxylic acids is 2. The Morgan fingerprint density at radius 1 is 0.935 bits per heavy atom. The lowest BCUT2D eigenvalue weighted by atomic mass is 10.0. The van der Waals surface area contributed by atoms with Crippen molar-refractivity contribution in [3.63, 3.8) is 0 Å². The third kappa shape index (κ3) is 9.86. The maximum atomic E-state index is 12.5. The van der Waals surface area contributed by atoms with Gasteiger partial charge in [-0.3, -0.25) is 0 Å². The number of hydrogen-bond acceptors (Lipinski definition) is 5. The van der Waals surface area contributed by atoms with Crippen molar-refractivity contribution in [2.45, 2.75) is 104 Å². The first-order valence-corrected chi connectivity index (χ1v) is 12.2. The maximum Gasteiger partial charge on any atom is 0.347 e. The van der Waals surface area contributed by atoms with Gasteiger partial charge in [0.1, 0.15) is 0 Å². The smallest absolute Gasteiger partial charge is 0.347 e. The van der Waals surface area contributed by atoms with Crippen molar-refractivity contribution in [2.75, 3.05) is 13.2 Å².